The molecular weight excluding hydrogens is 286 g/mol. The number of anilines is 1. The second-order valence-electron chi connectivity index (χ2n) is 5.37. The highest BCUT2D eigenvalue weighted by atomic mass is 16.5. The Morgan fingerprint density at radius 1 is 0.826 bits per heavy atom. The zero-order valence-electron chi connectivity index (χ0n) is 13.3. The molecule has 0 aliphatic heterocycles. The molecule has 3 nitrogen and oxygen atoms in total. The monoisotopic (exact) mass is 307 g/mol. The summed E-state index contributed by atoms with van der Waals surface area (Å²) in [4.78, 5) is 0. The second kappa shape index (κ2) is 7.54. The van der Waals surface area contributed by atoms with Crippen LogP contribution in [0.15, 0.2) is 66.7 Å². The SMILES string of the molecule is COc1cccc(NCCCOc2ccc3ccccc3c2)c1. The third-order valence-electron chi connectivity index (χ3n) is 3.71. The summed E-state index contributed by atoms with van der Waals surface area (Å²) in [6.07, 6.45) is 0.935. The minimum absolute atomic E-state index is 0.690. The molecule has 0 aliphatic carbocycles. The molecular formula is C20H21NO2. The van der Waals surface area contributed by atoms with Gasteiger partial charge in [0.2, 0.25) is 0 Å². The van der Waals surface area contributed by atoms with Gasteiger partial charge in [-0.2, -0.15) is 0 Å². The Kier molecular flexibility index (Phi) is 4.99. The third-order valence-corrected chi connectivity index (χ3v) is 3.71. The second-order valence-corrected chi connectivity index (χ2v) is 5.37. The number of hydrogen-bond donors (Lipinski definition) is 1. The minimum atomic E-state index is 0.690. The van der Waals surface area contributed by atoms with E-state index >= 15 is 0 Å². The molecule has 3 heteroatoms. The van der Waals surface area contributed by atoms with E-state index in [2.05, 4.69) is 29.6 Å². The van der Waals surface area contributed by atoms with Gasteiger partial charge in [0.15, 0.2) is 0 Å². The molecule has 0 atom stereocenters. The van der Waals surface area contributed by atoms with Crippen molar-refractivity contribution in [1.29, 1.82) is 0 Å². The molecule has 23 heavy (non-hydrogen) atoms. The van der Waals surface area contributed by atoms with Gasteiger partial charge in [0.05, 0.1) is 13.7 Å². The molecule has 0 aromatic heterocycles. The summed E-state index contributed by atoms with van der Waals surface area (Å²) < 4.78 is 11.0. The van der Waals surface area contributed by atoms with Crippen LogP contribution >= 0.6 is 0 Å². The number of rotatable bonds is 7. The first kappa shape index (κ1) is 15.2. The molecule has 3 aromatic rings. The molecule has 0 bridgehead atoms. The first-order valence-electron chi connectivity index (χ1n) is 7.85. The highest BCUT2D eigenvalue weighted by Crippen LogP contribution is 2.20. The minimum Gasteiger partial charge on any atom is -0.497 e. The van der Waals surface area contributed by atoms with Gasteiger partial charge >= 0.3 is 0 Å². The molecule has 0 saturated heterocycles. The van der Waals surface area contributed by atoms with Gasteiger partial charge in [0, 0.05) is 18.3 Å². The van der Waals surface area contributed by atoms with Crippen molar-refractivity contribution >= 4 is 16.5 Å². The van der Waals surface area contributed by atoms with Gasteiger partial charge in [0.1, 0.15) is 11.5 Å². The van der Waals surface area contributed by atoms with E-state index in [1.807, 2.05) is 42.5 Å². The van der Waals surface area contributed by atoms with E-state index in [4.69, 9.17) is 9.47 Å². The van der Waals surface area contributed by atoms with Crippen LogP contribution in [-0.2, 0) is 0 Å². The number of methoxy groups -OCH3 is 1. The lowest BCUT2D eigenvalue weighted by Crippen LogP contribution is -2.07. The number of hydrogen-bond acceptors (Lipinski definition) is 3. The summed E-state index contributed by atoms with van der Waals surface area (Å²) in [5.74, 6) is 1.78. The van der Waals surface area contributed by atoms with Crippen LogP contribution in [-0.4, -0.2) is 20.3 Å². The van der Waals surface area contributed by atoms with Crippen LogP contribution < -0.4 is 14.8 Å². The average Bonchev–Trinajstić information content (AvgIpc) is 2.61. The summed E-state index contributed by atoms with van der Waals surface area (Å²) in [6.45, 7) is 1.55. The van der Waals surface area contributed by atoms with Gasteiger partial charge in [-0.3, -0.25) is 0 Å². The largest absolute Gasteiger partial charge is 0.497 e. The summed E-state index contributed by atoms with van der Waals surface area (Å²) in [7, 11) is 1.68. The fourth-order valence-electron chi connectivity index (χ4n) is 2.49. The molecule has 3 aromatic carbocycles. The smallest absolute Gasteiger partial charge is 0.120 e. The molecule has 0 aliphatic rings. The lowest BCUT2D eigenvalue weighted by atomic mass is 10.1. The quantitative estimate of drug-likeness (QED) is 0.640. The summed E-state index contributed by atoms with van der Waals surface area (Å²) in [6, 6.07) is 22.5. The normalized spacial score (nSPS) is 10.5. The third kappa shape index (κ3) is 4.16. The topological polar surface area (TPSA) is 30.5 Å². The molecule has 0 fully saturated rings. The van der Waals surface area contributed by atoms with Gasteiger partial charge in [-0.15, -0.1) is 0 Å². The van der Waals surface area contributed by atoms with Crippen molar-refractivity contribution in [2.24, 2.45) is 0 Å². The molecule has 1 N–H and O–H groups in total. The number of nitrogens with one attached hydrogen (secondary N) is 1. The van der Waals surface area contributed by atoms with Crippen molar-refractivity contribution < 1.29 is 9.47 Å². The summed E-state index contributed by atoms with van der Waals surface area (Å²) in [5, 5.41) is 5.82. The Labute approximate surface area is 136 Å². The summed E-state index contributed by atoms with van der Waals surface area (Å²) in [5.41, 5.74) is 1.06. The van der Waals surface area contributed by atoms with E-state index in [1.54, 1.807) is 7.11 Å². The Balaban J connectivity index is 1.45. The number of fused-ring (bicyclic) bond motifs is 1. The predicted octanol–water partition coefficient (Wildman–Crippen LogP) is 4.73. The van der Waals surface area contributed by atoms with Crippen molar-refractivity contribution in [2.75, 3.05) is 25.6 Å². The van der Waals surface area contributed by atoms with Gasteiger partial charge in [0.25, 0.3) is 0 Å². The van der Waals surface area contributed by atoms with Crippen LogP contribution in [0.3, 0.4) is 0 Å². The van der Waals surface area contributed by atoms with Crippen molar-refractivity contribution in [3.8, 4) is 11.5 Å². The van der Waals surface area contributed by atoms with Gasteiger partial charge in [-0.05, 0) is 41.5 Å². The van der Waals surface area contributed by atoms with Crippen LogP contribution in [0.5, 0.6) is 11.5 Å². The molecule has 0 radical (unpaired) electrons. The Bertz CT molecular complexity index is 770. The highest BCUT2D eigenvalue weighted by Gasteiger charge is 1.98. The first-order valence-corrected chi connectivity index (χ1v) is 7.85. The van der Waals surface area contributed by atoms with Crippen LogP contribution in [0.2, 0.25) is 0 Å². The van der Waals surface area contributed by atoms with Crippen LogP contribution in [0.4, 0.5) is 5.69 Å². The molecule has 0 spiro atoms. The van der Waals surface area contributed by atoms with Crippen LogP contribution in [0, 0.1) is 0 Å². The van der Waals surface area contributed by atoms with Crippen molar-refractivity contribution in [2.45, 2.75) is 6.42 Å². The zero-order chi connectivity index (χ0) is 15.9. The van der Waals surface area contributed by atoms with Crippen molar-refractivity contribution in [3.63, 3.8) is 0 Å². The van der Waals surface area contributed by atoms with Gasteiger partial charge in [-0.1, -0.05) is 36.4 Å². The lowest BCUT2D eigenvalue weighted by Gasteiger charge is -2.10. The van der Waals surface area contributed by atoms with Crippen molar-refractivity contribution in [3.05, 3.63) is 66.7 Å². The first-order chi connectivity index (χ1) is 11.3. The van der Waals surface area contributed by atoms with Crippen LogP contribution in [0.1, 0.15) is 6.42 Å². The fraction of sp³-hybridized carbons (Fsp3) is 0.200. The maximum Gasteiger partial charge on any atom is 0.120 e. The standard InChI is InChI=1S/C20H21NO2/c1-22-19-9-4-8-18(15-19)21-12-5-13-23-20-11-10-16-6-2-3-7-17(16)14-20/h2-4,6-11,14-15,21H,5,12-13H2,1H3. The molecule has 118 valence electrons. The average molecular weight is 307 g/mol. The van der Waals surface area contributed by atoms with E-state index in [1.165, 1.54) is 10.8 Å². The van der Waals surface area contributed by atoms with E-state index in [0.29, 0.717) is 6.61 Å². The molecule has 0 heterocycles. The number of ether oxygens (including phenoxy) is 2. The predicted molar refractivity (Wildman–Crippen MR) is 95.5 cm³/mol. The molecule has 3 rings (SSSR count). The molecule has 0 amide bonds. The Hall–Kier alpha value is -2.68. The van der Waals surface area contributed by atoms with E-state index in [9.17, 15) is 0 Å². The van der Waals surface area contributed by atoms with Crippen molar-refractivity contribution in [1.82, 2.24) is 0 Å². The van der Waals surface area contributed by atoms with E-state index in [-0.39, 0.29) is 0 Å². The maximum atomic E-state index is 5.83. The van der Waals surface area contributed by atoms with Crippen LogP contribution in [0.25, 0.3) is 10.8 Å². The summed E-state index contributed by atoms with van der Waals surface area (Å²) >= 11 is 0. The molecule has 0 saturated carbocycles. The lowest BCUT2D eigenvalue weighted by molar-refractivity contribution is 0.315. The number of benzene rings is 3. The molecule has 0 unspecified atom stereocenters. The zero-order valence-corrected chi connectivity index (χ0v) is 13.3. The maximum absolute atomic E-state index is 5.83. The van der Waals surface area contributed by atoms with E-state index < -0.39 is 0 Å². The van der Waals surface area contributed by atoms with Gasteiger partial charge in [-0.25, -0.2) is 0 Å². The van der Waals surface area contributed by atoms with E-state index in [0.717, 1.165) is 30.2 Å². The highest BCUT2D eigenvalue weighted by molar-refractivity contribution is 5.83. The Morgan fingerprint density at radius 3 is 2.57 bits per heavy atom. The van der Waals surface area contributed by atoms with Gasteiger partial charge < -0.3 is 14.8 Å². The fourth-order valence-corrected chi connectivity index (χ4v) is 2.49. The Morgan fingerprint density at radius 2 is 1.70 bits per heavy atom.